The lowest BCUT2D eigenvalue weighted by atomic mass is 10.2. The molecule has 2 amide bonds. The van der Waals surface area contributed by atoms with E-state index in [1.807, 2.05) is 56.3 Å². The molecule has 0 heterocycles. The summed E-state index contributed by atoms with van der Waals surface area (Å²) in [6.45, 7) is 5.79. The summed E-state index contributed by atoms with van der Waals surface area (Å²) in [7, 11) is 0. The summed E-state index contributed by atoms with van der Waals surface area (Å²) in [6, 6.07) is 13.4. The van der Waals surface area contributed by atoms with Crippen LogP contribution in [0.25, 0.3) is 0 Å². The normalized spacial score (nSPS) is 10.3. The van der Waals surface area contributed by atoms with Gasteiger partial charge in [0.1, 0.15) is 0 Å². The molecule has 2 aromatic rings. The van der Waals surface area contributed by atoms with Gasteiger partial charge in [0.25, 0.3) is 0 Å². The van der Waals surface area contributed by atoms with Crippen LogP contribution in [0.5, 0.6) is 0 Å². The van der Waals surface area contributed by atoms with E-state index >= 15 is 0 Å². The van der Waals surface area contributed by atoms with Gasteiger partial charge < -0.3 is 10.2 Å². The Labute approximate surface area is 151 Å². The van der Waals surface area contributed by atoms with Gasteiger partial charge in [0.15, 0.2) is 0 Å². The first kappa shape index (κ1) is 18.2. The second-order valence-electron chi connectivity index (χ2n) is 5.76. The molecule has 0 atom stereocenters. The predicted octanol–water partition coefficient (Wildman–Crippen LogP) is 4.45. The van der Waals surface area contributed by atoms with E-state index in [2.05, 4.69) is 21.2 Å². The number of hydrogen-bond acceptors (Lipinski definition) is 2. The molecule has 2 aromatic carbocycles. The average Bonchev–Trinajstić information content (AvgIpc) is 2.52. The summed E-state index contributed by atoms with van der Waals surface area (Å²) >= 11 is 3.40. The van der Waals surface area contributed by atoms with Gasteiger partial charge in [-0.2, -0.15) is 0 Å². The molecule has 0 aliphatic rings. The van der Waals surface area contributed by atoms with Crippen LogP contribution in [0.3, 0.4) is 0 Å². The third-order valence-electron chi connectivity index (χ3n) is 3.75. The number of nitrogens with one attached hydrogen (secondary N) is 1. The molecular formula is C19H21BrN2O2. The fraction of sp³-hybridized carbons (Fsp3) is 0.263. The number of amides is 2. The molecule has 0 bridgehead atoms. The zero-order chi connectivity index (χ0) is 17.7. The molecule has 0 aliphatic carbocycles. The van der Waals surface area contributed by atoms with Crippen LogP contribution in [0.4, 0.5) is 11.4 Å². The topological polar surface area (TPSA) is 49.4 Å². The Morgan fingerprint density at radius 3 is 2.33 bits per heavy atom. The van der Waals surface area contributed by atoms with Crippen LogP contribution in [-0.2, 0) is 9.59 Å². The van der Waals surface area contributed by atoms with E-state index in [4.69, 9.17) is 0 Å². The molecule has 0 radical (unpaired) electrons. The monoisotopic (exact) mass is 388 g/mol. The van der Waals surface area contributed by atoms with E-state index in [1.165, 1.54) is 6.92 Å². The van der Waals surface area contributed by atoms with Crippen molar-refractivity contribution in [2.75, 3.05) is 16.8 Å². The lowest BCUT2D eigenvalue weighted by Gasteiger charge is -2.21. The molecule has 0 spiro atoms. The van der Waals surface area contributed by atoms with Gasteiger partial charge in [-0.15, -0.1) is 0 Å². The molecule has 0 aromatic heterocycles. The summed E-state index contributed by atoms with van der Waals surface area (Å²) in [5, 5.41) is 2.89. The van der Waals surface area contributed by atoms with Gasteiger partial charge in [0.2, 0.25) is 11.8 Å². The van der Waals surface area contributed by atoms with Crippen molar-refractivity contribution in [2.45, 2.75) is 27.2 Å². The van der Waals surface area contributed by atoms with Crippen molar-refractivity contribution in [2.24, 2.45) is 0 Å². The molecular weight excluding hydrogens is 368 g/mol. The van der Waals surface area contributed by atoms with Crippen LogP contribution in [-0.4, -0.2) is 18.4 Å². The lowest BCUT2D eigenvalue weighted by Crippen LogP contribution is -2.32. The van der Waals surface area contributed by atoms with E-state index < -0.39 is 0 Å². The van der Waals surface area contributed by atoms with Crippen molar-refractivity contribution in [3.8, 4) is 0 Å². The molecule has 0 fully saturated rings. The Hall–Kier alpha value is -2.14. The quantitative estimate of drug-likeness (QED) is 0.822. The average molecular weight is 389 g/mol. The largest absolute Gasteiger partial charge is 0.326 e. The molecule has 0 saturated heterocycles. The first-order valence-electron chi connectivity index (χ1n) is 7.77. The molecule has 0 unspecified atom stereocenters. The molecule has 0 aliphatic heterocycles. The van der Waals surface area contributed by atoms with Crippen molar-refractivity contribution >= 4 is 39.1 Å². The van der Waals surface area contributed by atoms with Gasteiger partial charge in [0.05, 0.1) is 0 Å². The Morgan fingerprint density at radius 1 is 1.08 bits per heavy atom. The van der Waals surface area contributed by atoms with Gasteiger partial charge in [-0.3, -0.25) is 9.59 Å². The molecule has 5 heteroatoms. The third kappa shape index (κ3) is 4.93. The summed E-state index contributed by atoms with van der Waals surface area (Å²) < 4.78 is 0.972. The van der Waals surface area contributed by atoms with Crippen LogP contribution in [0.1, 0.15) is 24.5 Å². The summed E-state index contributed by atoms with van der Waals surface area (Å²) in [5.41, 5.74) is 3.71. The van der Waals surface area contributed by atoms with Crippen LogP contribution < -0.4 is 10.2 Å². The van der Waals surface area contributed by atoms with Gasteiger partial charge in [0, 0.05) is 35.7 Å². The zero-order valence-corrected chi connectivity index (χ0v) is 15.7. The Kier molecular flexibility index (Phi) is 6.15. The van der Waals surface area contributed by atoms with E-state index in [1.54, 1.807) is 4.90 Å². The first-order chi connectivity index (χ1) is 11.4. The fourth-order valence-electron chi connectivity index (χ4n) is 2.39. The fourth-order valence-corrected chi connectivity index (χ4v) is 2.86. The SMILES string of the molecule is CC(=O)N(CCC(=O)Nc1ccc(Br)cc1C)c1ccc(C)cc1. The highest BCUT2D eigenvalue weighted by Crippen LogP contribution is 2.20. The molecule has 1 N–H and O–H groups in total. The Bertz CT molecular complexity index is 742. The number of hydrogen-bond donors (Lipinski definition) is 1. The van der Waals surface area contributed by atoms with Crippen LogP contribution in [0, 0.1) is 13.8 Å². The van der Waals surface area contributed by atoms with Crippen molar-refractivity contribution in [3.05, 3.63) is 58.1 Å². The standard InChI is InChI=1S/C19H21BrN2O2/c1-13-4-7-17(8-5-13)22(15(3)23)11-10-19(24)21-18-9-6-16(20)12-14(18)2/h4-9,12H,10-11H2,1-3H3,(H,21,24). The Morgan fingerprint density at radius 2 is 1.75 bits per heavy atom. The Balaban J connectivity index is 2.00. The summed E-state index contributed by atoms with van der Waals surface area (Å²) in [5.74, 6) is -0.190. The maximum atomic E-state index is 12.2. The predicted molar refractivity (Wildman–Crippen MR) is 101 cm³/mol. The van der Waals surface area contributed by atoms with Crippen LogP contribution in [0.15, 0.2) is 46.9 Å². The maximum absolute atomic E-state index is 12.2. The second-order valence-corrected chi connectivity index (χ2v) is 6.68. The van der Waals surface area contributed by atoms with E-state index in [0.717, 1.165) is 27.0 Å². The summed E-state index contributed by atoms with van der Waals surface area (Å²) in [4.78, 5) is 25.7. The molecule has 2 rings (SSSR count). The third-order valence-corrected chi connectivity index (χ3v) is 4.24. The lowest BCUT2D eigenvalue weighted by molar-refractivity contribution is -0.117. The van der Waals surface area contributed by atoms with Crippen molar-refractivity contribution in [1.29, 1.82) is 0 Å². The number of aryl methyl sites for hydroxylation is 2. The first-order valence-corrected chi connectivity index (χ1v) is 8.57. The molecule has 126 valence electrons. The highest BCUT2D eigenvalue weighted by molar-refractivity contribution is 9.10. The second kappa shape index (κ2) is 8.11. The highest BCUT2D eigenvalue weighted by Gasteiger charge is 2.14. The van der Waals surface area contributed by atoms with E-state index in [0.29, 0.717) is 6.54 Å². The number of benzene rings is 2. The number of rotatable bonds is 5. The molecule has 4 nitrogen and oxygen atoms in total. The summed E-state index contributed by atoms with van der Waals surface area (Å²) in [6.07, 6.45) is 0.239. The molecule has 24 heavy (non-hydrogen) atoms. The van der Waals surface area contributed by atoms with E-state index in [-0.39, 0.29) is 18.2 Å². The van der Waals surface area contributed by atoms with Gasteiger partial charge in [-0.25, -0.2) is 0 Å². The molecule has 0 saturated carbocycles. The van der Waals surface area contributed by atoms with Crippen molar-refractivity contribution in [1.82, 2.24) is 0 Å². The van der Waals surface area contributed by atoms with Gasteiger partial charge >= 0.3 is 0 Å². The van der Waals surface area contributed by atoms with Gasteiger partial charge in [-0.1, -0.05) is 33.6 Å². The maximum Gasteiger partial charge on any atom is 0.226 e. The smallest absolute Gasteiger partial charge is 0.226 e. The highest BCUT2D eigenvalue weighted by atomic mass is 79.9. The minimum atomic E-state index is -0.112. The van der Waals surface area contributed by atoms with Crippen LogP contribution in [0.2, 0.25) is 0 Å². The number of carbonyl (C=O) groups is 2. The van der Waals surface area contributed by atoms with Crippen LogP contribution >= 0.6 is 15.9 Å². The number of nitrogens with zero attached hydrogens (tertiary/aromatic N) is 1. The minimum absolute atomic E-state index is 0.0773. The van der Waals surface area contributed by atoms with Crippen molar-refractivity contribution < 1.29 is 9.59 Å². The van der Waals surface area contributed by atoms with E-state index in [9.17, 15) is 9.59 Å². The van der Waals surface area contributed by atoms with Gasteiger partial charge in [-0.05, 0) is 49.7 Å². The number of halogens is 1. The zero-order valence-electron chi connectivity index (χ0n) is 14.1. The van der Waals surface area contributed by atoms with Crippen molar-refractivity contribution in [3.63, 3.8) is 0 Å². The number of anilines is 2. The number of carbonyl (C=O) groups excluding carboxylic acids is 2. The minimum Gasteiger partial charge on any atom is -0.326 e.